The predicted molar refractivity (Wildman–Crippen MR) is 71.0 cm³/mol. The summed E-state index contributed by atoms with van der Waals surface area (Å²) in [5.41, 5.74) is 9.40. The number of H-pyrrole nitrogens is 1. The molecule has 96 valence electrons. The number of ether oxygens (including phenoxy) is 2. The zero-order chi connectivity index (χ0) is 13.3. The average molecular weight is 247 g/mol. The maximum absolute atomic E-state index is 5.65. The minimum atomic E-state index is 0.451. The largest absolute Gasteiger partial charge is 0.496 e. The molecule has 2 aromatic rings. The Morgan fingerprint density at radius 3 is 2.39 bits per heavy atom. The van der Waals surface area contributed by atoms with Crippen molar-refractivity contribution in [3.05, 3.63) is 23.3 Å². The molecule has 3 N–H and O–H groups in total. The molecule has 0 saturated heterocycles. The molecular weight excluding hydrogens is 230 g/mol. The van der Waals surface area contributed by atoms with Crippen molar-refractivity contribution in [1.29, 1.82) is 0 Å². The van der Waals surface area contributed by atoms with E-state index >= 15 is 0 Å². The van der Waals surface area contributed by atoms with Gasteiger partial charge in [-0.15, -0.1) is 0 Å². The van der Waals surface area contributed by atoms with E-state index in [2.05, 4.69) is 10.2 Å². The molecule has 18 heavy (non-hydrogen) atoms. The van der Waals surface area contributed by atoms with Crippen LogP contribution >= 0.6 is 0 Å². The number of methoxy groups -OCH3 is 2. The van der Waals surface area contributed by atoms with Crippen LogP contribution in [0, 0.1) is 13.8 Å². The number of nitrogen functional groups attached to an aromatic ring is 1. The molecule has 0 aliphatic rings. The van der Waals surface area contributed by atoms with E-state index in [1.54, 1.807) is 20.3 Å². The van der Waals surface area contributed by atoms with Gasteiger partial charge in [-0.25, -0.2) is 0 Å². The molecule has 0 spiro atoms. The number of benzene rings is 1. The molecule has 0 unspecified atom stereocenters. The molecule has 5 heteroatoms. The summed E-state index contributed by atoms with van der Waals surface area (Å²) in [5, 5.41) is 6.86. The molecule has 0 aliphatic carbocycles. The summed E-state index contributed by atoms with van der Waals surface area (Å²) < 4.78 is 10.8. The Bertz CT molecular complexity index is 576. The summed E-state index contributed by atoms with van der Waals surface area (Å²) in [5.74, 6) is 2.07. The van der Waals surface area contributed by atoms with E-state index in [0.29, 0.717) is 5.82 Å². The fourth-order valence-corrected chi connectivity index (χ4v) is 2.13. The lowest BCUT2D eigenvalue weighted by Crippen LogP contribution is -1.98. The standard InChI is InChI=1S/C13H17N3O2/c1-7-5-10(17-3)8(2)12(13(7)18-4)9-6-11(14)16-15-9/h5-6H,1-4H3,(H3,14,15,16). The highest BCUT2D eigenvalue weighted by Gasteiger charge is 2.17. The van der Waals surface area contributed by atoms with Crippen molar-refractivity contribution in [2.75, 3.05) is 20.0 Å². The van der Waals surface area contributed by atoms with Gasteiger partial charge >= 0.3 is 0 Å². The summed E-state index contributed by atoms with van der Waals surface area (Å²) >= 11 is 0. The Morgan fingerprint density at radius 2 is 1.89 bits per heavy atom. The number of nitrogens with two attached hydrogens (primary N) is 1. The van der Waals surface area contributed by atoms with Gasteiger partial charge in [0.15, 0.2) is 0 Å². The van der Waals surface area contributed by atoms with Gasteiger partial charge in [-0.05, 0) is 25.5 Å². The van der Waals surface area contributed by atoms with E-state index in [4.69, 9.17) is 15.2 Å². The van der Waals surface area contributed by atoms with Gasteiger partial charge in [0.05, 0.1) is 19.9 Å². The first-order valence-electron chi connectivity index (χ1n) is 5.62. The molecule has 1 aromatic heterocycles. The number of nitrogens with zero attached hydrogens (tertiary/aromatic N) is 1. The molecule has 5 nitrogen and oxygen atoms in total. The van der Waals surface area contributed by atoms with Crippen LogP contribution in [0.5, 0.6) is 11.5 Å². The van der Waals surface area contributed by atoms with E-state index in [-0.39, 0.29) is 0 Å². The minimum Gasteiger partial charge on any atom is -0.496 e. The first kappa shape index (κ1) is 12.3. The first-order valence-corrected chi connectivity index (χ1v) is 5.62. The zero-order valence-electron chi connectivity index (χ0n) is 11.0. The van der Waals surface area contributed by atoms with Gasteiger partial charge in [0.2, 0.25) is 0 Å². The lowest BCUT2D eigenvalue weighted by atomic mass is 10.00. The second-order valence-electron chi connectivity index (χ2n) is 4.14. The van der Waals surface area contributed by atoms with Crippen LogP contribution in [0.15, 0.2) is 12.1 Å². The highest BCUT2D eigenvalue weighted by Crippen LogP contribution is 2.40. The van der Waals surface area contributed by atoms with Crippen LogP contribution in [0.1, 0.15) is 11.1 Å². The summed E-state index contributed by atoms with van der Waals surface area (Å²) in [4.78, 5) is 0. The Labute approximate surface area is 106 Å². The van der Waals surface area contributed by atoms with Gasteiger partial charge in [-0.2, -0.15) is 5.10 Å². The molecule has 1 aromatic carbocycles. The highest BCUT2D eigenvalue weighted by molar-refractivity contribution is 5.76. The second-order valence-corrected chi connectivity index (χ2v) is 4.14. The fraction of sp³-hybridized carbons (Fsp3) is 0.308. The van der Waals surface area contributed by atoms with E-state index in [1.807, 2.05) is 19.9 Å². The summed E-state index contributed by atoms with van der Waals surface area (Å²) in [6.07, 6.45) is 0. The third kappa shape index (κ3) is 1.88. The molecule has 0 bridgehead atoms. The lowest BCUT2D eigenvalue weighted by Gasteiger charge is -2.16. The van der Waals surface area contributed by atoms with Gasteiger partial charge < -0.3 is 15.2 Å². The number of hydrogen-bond acceptors (Lipinski definition) is 4. The quantitative estimate of drug-likeness (QED) is 0.872. The van der Waals surface area contributed by atoms with E-state index < -0.39 is 0 Å². The average Bonchev–Trinajstić information content (AvgIpc) is 2.77. The van der Waals surface area contributed by atoms with Gasteiger partial charge in [0.25, 0.3) is 0 Å². The van der Waals surface area contributed by atoms with Crippen LogP contribution in [0.25, 0.3) is 11.3 Å². The lowest BCUT2D eigenvalue weighted by molar-refractivity contribution is 0.399. The van der Waals surface area contributed by atoms with Gasteiger partial charge in [-0.3, -0.25) is 5.10 Å². The topological polar surface area (TPSA) is 73.2 Å². The predicted octanol–water partition coefficient (Wildman–Crippen LogP) is 2.29. The van der Waals surface area contributed by atoms with Crippen molar-refractivity contribution in [1.82, 2.24) is 10.2 Å². The van der Waals surface area contributed by atoms with Gasteiger partial charge in [0.1, 0.15) is 17.3 Å². The number of aromatic amines is 1. The first-order chi connectivity index (χ1) is 8.58. The number of hydrogen-bond donors (Lipinski definition) is 2. The molecular formula is C13H17N3O2. The maximum atomic E-state index is 5.65. The van der Waals surface area contributed by atoms with Crippen LogP contribution in [-0.4, -0.2) is 24.4 Å². The molecule has 1 heterocycles. The van der Waals surface area contributed by atoms with E-state index in [1.165, 1.54) is 0 Å². The smallest absolute Gasteiger partial charge is 0.145 e. The third-order valence-electron chi connectivity index (χ3n) is 2.97. The van der Waals surface area contributed by atoms with E-state index in [9.17, 15) is 0 Å². The molecule has 0 amide bonds. The Morgan fingerprint density at radius 1 is 1.17 bits per heavy atom. The van der Waals surface area contributed by atoms with Gasteiger partial charge in [-0.1, -0.05) is 0 Å². The number of aryl methyl sites for hydroxylation is 1. The zero-order valence-corrected chi connectivity index (χ0v) is 11.0. The highest BCUT2D eigenvalue weighted by atomic mass is 16.5. The Balaban J connectivity index is 2.73. The minimum absolute atomic E-state index is 0.451. The van der Waals surface area contributed by atoms with Crippen LogP contribution < -0.4 is 15.2 Å². The van der Waals surface area contributed by atoms with E-state index in [0.717, 1.165) is 33.9 Å². The molecule has 0 radical (unpaired) electrons. The number of rotatable bonds is 3. The van der Waals surface area contributed by atoms with Crippen molar-refractivity contribution < 1.29 is 9.47 Å². The van der Waals surface area contributed by atoms with Crippen molar-refractivity contribution in [3.63, 3.8) is 0 Å². The Kier molecular flexibility index (Phi) is 3.14. The van der Waals surface area contributed by atoms with Crippen LogP contribution in [-0.2, 0) is 0 Å². The molecule has 0 fully saturated rings. The fourth-order valence-electron chi connectivity index (χ4n) is 2.13. The van der Waals surface area contributed by atoms with Crippen LogP contribution in [0.2, 0.25) is 0 Å². The Hall–Kier alpha value is -2.17. The van der Waals surface area contributed by atoms with Crippen molar-refractivity contribution in [3.8, 4) is 22.8 Å². The number of nitrogens with one attached hydrogen (secondary N) is 1. The molecule has 2 rings (SSSR count). The summed E-state index contributed by atoms with van der Waals surface area (Å²) in [6, 6.07) is 3.74. The number of aromatic nitrogens is 2. The normalized spacial score (nSPS) is 10.4. The maximum Gasteiger partial charge on any atom is 0.145 e. The molecule has 0 atom stereocenters. The molecule has 0 saturated carbocycles. The van der Waals surface area contributed by atoms with Gasteiger partial charge in [0, 0.05) is 17.2 Å². The van der Waals surface area contributed by atoms with Crippen LogP contribution in [0.3, 0.4) is 0 Å². The van der Waals surface area contributed by atoms with Crippen molar-refractivity contribution >= 4 is 5.82 Å². The SMILES string of the molecule is COc1cc(C)c(OC)c(-c2cc(N)n[nH]2)c1C. The third-order valence-corrected chi connectivity index (χ3v) is 2.97. The van der Waals surface area contributed by atoms with Crippen molar-refractivity contribution in [2.45, 2.75) is 13.8 Å². The summed E-state index contributed by atoms with van der Waals surface area (Å²) in [7, 11) is 3.30. The molecule has 0 aliphatic heterocycles. The monoisotopic (exact) mass is 247 g/mol. The second kappa shape index (κ2) is 4.60. The number of anilines is 1. The van der Waals surface area contributed by atoms with Crippen molar-refractivity contribution in [2.24, 2.45) is 0 Å². The van der Waals surface area contributed by atoms with Crippen LogP contribution in [0.4, 0.5) is 5.82 Å². The summed E-state index contributed by atoms with van der Waals surface area (Å²) in [6.45, 7) is 3.96.